The van der Waals surface area contributed by atoms with Crippen molar-refractivity contribution in [2.75, 3.05) is 12.4 Å². The van der Waals surface area contributed by atoms with Gasteiger partial charge in [-0.15, -0.1) is 0 Å². The molecule has 0 aliphatic carbocycles. The van der Waals surface area contributed by atoms with Gasteiger partial charge in [0.1, 0.15) is 0 Å². The van der Waals surface area contributed by atoms with Crippen LogP contribution in [0.1, 0.15) is 34.1 Å². The fraction of sp³-hybridized carbons (Fsp3) is 0.167. The highest BCUT2D eigenvalue weighted by molar-refractivity contribution is 6.31. The van der Waals surface area contributed by atoms with Crippen LogP contribution < -0.4 is 14.8 Å². The molecule has 0 bridgehead atoms. The van der Waals surface area contributed by atoms with Gasteiger partial charge in [0.05, 0.1) is 18.4 Å². The summed E-state index contributed by atoms with van der Waals surface area (Å²) in [7, 11) is 1.37. The summed E-state index contributed by atoms with van der Waals surface area (Å²) in [5, 5.41) is 12.0. The van der Waals surface area contributed by atoms with Crippen LogP contribution in [0.25, 0.3) is 0 Å². The minimum Gasteiger partial charge on any atom is -0.493 e. The number of ether oxygens (including phenoxy) is 2. The Kier molecular flexibility index (Phi) is 6.19. The number of carbonyl (C=O) groups excluding carboxylic acids is 2. The molecule has 0 aliphatic heterocycles. The molecule has 7 nitrogen and oxygen atoms in total. The summed E-state index contributed by atoms with van der Waals surface area (Å²) in [6, 6.07) is 8.31. The molecule has 2 aromatic rings. The lowest BCUT2D eigenvalue weighted by molar-refractivity contribution is -0.134. The van der Waals surface area contributed by atoms with Gasteiger partial charge in [-0.2, -0.15) is 0 Å². The van der Waals surface area contributed by atoms with E-state index < -0.39 is 17.8 Å². The fourth-order valence-corrected chi connectivity index (χ4v) is 2.26. The standard InChI is InChI=1S/C18H16ClNO6/c1-3-16(21)26-14-7-4-10(8-15(14)25-2)17(22)20-13-9-11(19)5-6-12(13)18(23)24/h4-9H,3H2,1-2H3,(H,20,22)(H,23,24). The van der Waals surface area contributed by atoms with Crippen molar-refractivity contribution in [3.8, 4) is 11.5 Å². The monoisotopic (exact) mass is 377 g/mol. The van der Waals surface area contributed by atoms with Crippen LogP contribution in [-0.2, 0) is 4.79 Å². The number of anilines is 1. The molecule has 0 aliphatic rings. The molecule has 8 heteroatoms. The van der Waals surface area contributed by atoms with Gasteiger partial charge in [0.2, 0.25) is 0 Å². The highest BCUT2D eigenvalue weighted by Gasteiger charge is 2.17. The lowest BCUT2D eigenvalue weighted by Gasteiger charge is -2.12. The Labute approximate surface area is 154 Å². The number of hydrogen-bond acceptors (Lipinski definition) is 5. The van der Waals surface area contributed by atoms with Gasteiger partial charge < -0.3 is 19.9 Å². The van der Waals surface area contributed by atoms with Gasteiger partial charge in [0.25, 0.3) is 5.91 Å². The molecule has 26 heavy (non-hydrogen) atoms. The average molecular weight is 378 g/mol. The normalized spacial score (nSPS) is 10.1. The smallest absolute Gasteiger partial charge is 0.337 e. The zero-order chi connectivity index (χ0) is 19.3. The molecule has 0 unspecified atom stereocenters. The van der Waals surface area contributed by atoms with E-state index in [0.29, 0.717) is 0 Å². The van der Waals surface area contributed by atoms with Crippen molar-refractivity contribution >= 4 is 35.1 Å². The maximum Gasteiger partial charge on any atom is 0.337 e. The van der Waals surface area contributed by atoms with E-state index in [-0.39, 0.29) is 39.8 Å². The van der Waals surface area contributed by atoms with Gasteiger partial charge in [-0.1, -0.05) is 18.5 Å². The summed E-state index contributed by atoms with van der Waals surface area (Å²) in [6.45, 7) is 1.65. The maximum atomic E-state index is 12.4. The number of amides is 1. The molecule has 0 radical (unpaired) electrons. The number of hydrogen-bond donors (Lipinski definition) is 2. The van der Waals surface area contributed by atoms with Gasteiger partial charge in [0.15, 0.2) is 11.5 Å². The van der Waals surface area contributed by atoms with Crippen molar-refractivity contribution in [1.29, 1.82) is 0 Å². The van der Waals surface area contributed by atoms with Gasteiger partial charge in [-0.25, -0.2) is 4.79 Å². The number of rotatable bonds is 6. The van der Waals surface area contributed by atoms with Crippen molar-refractivity contribution in [1.82, 2.24) is 0 Å². The van der Waals surface area contributed by atoms with Gasteiger partial charge >= 0.3 is 11.9 Å². The highest BCUT2D eigenvalue weighted by Crippen LogP contribution is 2.29. The molecule has 2 rings (SSSR count). The first-order chi connectivity index (χ1) is 12.3. The molecule has 2 aromatic carbocycles. The predicted octanol–water partition coefficient (Wildman–Crippen LogP) is 3.61. The number of benzene rings is 2. The fourth-order valence-electron chi connectivity index (χ4n) is 2.09. The molecule has 0 spiro atoms. The largest absolute Gasteiger partial charge is 0.493 e. The molecule has 0 heterocycles. The van der Waals surface area contributed by atoms with Crippen LogP contribution in [-0.4, -0.2) is 30.1 Å². The number of methoxy groups -OCH3 is 1. The second-order valence-corrected chi connectivity index (χ2v) is 5.58. The highest BCUT2D eigenvalue weighted by atomic mass is 35.5. The van der Waals surface area contributed by atoms with Crippen LogP contribution in [0.5, 0.6) is 11.5 Å². The molecule has 136 valence electrons. The molecule has 2 N–H and O–H groups in total. The zero-order valence-corrected chi connectivity index (χ0v) is 14.8. The SMILES string of the molecule is CCC(=O)Oc1ccc(C(=O)Nc2cc(Cl)ccc2C(=O)O)cc1OC. The molecule has 0 aromatic heterocycles. The first-order valence-electron chi connectivity index (χ1n) is 7.58. The van der Waals surface area contributed by atoms with Gasteiger partial charge in [0, 0.05) is 17.0 Å². The number of esters is 1. The average Bonchev–Trinajstić information content (AvgIpc) is 2.61. The van der Waals surface area contributed by atoms with Crippen LogP contribution in [0.15, 0.2) is 36.4 Å². The van der Waals surface area contributed by atoms with E-state index in [1.165, 1.54) is 43.5 Å². The predicted molar refractivity (Wildman–Crippen MR) is 95.3 cm³/mol. The Bertz CT molecular complexity index is 865. The topological polar surface area (TPSA) is 102 Å². The first kappa shape index (κ1) is 19.3. The number of aromatic carboxylic acids is 1. The molecular formula is C18H16ClNO6. The Morgan fingerprint density at radius 3 is 2.46 bits per heavy atom. The third-order valence-corrected chi connectivity index (χ3v) is 3.63. The van der Waals surface area contributed by atoms with Gasteiger partial charge in [-0.3, -0.25) is 9.59 Å². The Balaban J connectivity index is 2.29. The molecule has 1 amide bonds. The van der Waals surface area contributed by atoms with Crippen LogP contribution >= 0.6 is 11.6 Å². The quantitative estimate of drug-likeness (QED) is 0.589. The van der Waals surface area contributed by atoms with E-state index in [1.807, 2.05) is 0 Å². The molecule has 0 saturated heterocycles. The number of carboxylic acid groups (broad SMARTS) is 1. The summed E-state index contributed by atoms with van der Waals surface area (Å²) < 4.78 is 10.3. The number of carboxylic acids is 1. The lowest BCUT2D eigenvalue weighted by Crippen LogP contribution is -2.15. The Morgan fingerprint density at radius 2 is 1.85 bits per heavy atom. The third-order valence-electron chi connectivity index (χ3n) is 3.40. The van der Waals surface area contributed by atoms with Crippen molar-refractivity contribution in [3.63, 3.8) is 0 Å². The van der Waals surface area contributed by atoms with Crippen molar-refractivity contribution < 1.29 is 29.0 Å². The van der Waals surface area contributed by atoms with E-state index in [1.54, 1.807) is 6.92 Å². The van der Waals surface area contributed by atoms with Crippen molar-refractivity contribution in [2.45, 2.75) is 13.3 Å². The number of halogens is 1. The second kappa shape index (κ2) is 8.35. The Morgan fingerprint density at radius 1 is 1.12 bits per heavy atom. The summed E-state index contributed by atoms with van der Waals surface area (Å²) >= 11 is 5.87. The molecule has 0 atom stereocenters. The summed E-state index contributed by atoms with van der Waals surface area (Å²) in [5.74, 6) is -1.82. The van der Waals surface area contributed by atoms with Crippen molar-refractivity contribution in [3.05, 3.63) is 52.5 Å². The Hall–Kier alpha value is -3.06. The zero-order valence-electron chi connectivity index (χ0n) is 14.0. The third kappa shape index (κ3) is 4.52. The van der Waals surface area contributed by atoms with Crippen LogP contribution in [0.4, 0.5) is 5.69 Å². The summed E-state index contributed by atoms with van der Waals surface area (Å²) in [6.07, 6.45) is 0.193. The minimum atomic E-state index is -1.20. The molecular weight excluding hydrogens is 362 g/mol. The van der Waals surface area contributed by atoms with E-state index in [9.17, 15) is 19.5 Å². The maximum absolute atomic E-state index is 12.4. The van der Waals surface area contributed by atoms with E-state index >= 15 is 0 Å². The minimum absolute atomic E-state index is 0.0652. The van der Waals surface area contributed by atoms with Gasteiger partial charge in [-0.05, 0) is 36.4 Å². The molecule has 0 fully saturated rings. The van der Waals surface area contributed by atoms with E-state index in [0.717, 1.165) is 0 Å². The van der Waals surface area contributed by atoms with E-state index in [4.69, 9.17) is 21.1 Å². The van der Waals surface area contributed by atoms with Crippen LogP contribution in [0.2, 0.25) is 5.02 Å². The van der Waals surface area contributed by atoms with Crippen LogP contribution in [0, 0.1) is 0 Å². The summed E-state index contributed by atoms with van der Waals surface area (Å²) in [5.41, 5.74) is 0.160. The number of nitrogens with one attached hydrogen (secondary N) is 1. The first-order valence-corrected chi connectivity index (χ1v) is 7.96. The second-order valence-electron chi connectivity index (χ2n) is 5.14. The molecule has 0 saturated carbocycles. The lowest BCUT2D eigenvalue weighted by atomic mass is 10.1. The summed E-state index contributed by atoms with van der Waals surface area (Å²) in [4.78, 5) is 35.1. The van der Waals surface area contributed by atoms with Crippen LogP contribution in [0.3, 0.4) is 0 Å². The number of carbonyl (C=O) groups is 3. The van der Waals surface area contributed by atoms with Crippen molar-refractivity contribution in [2.24, 2.45) is 0 Å². The van der Waals surface area contributed by atoms with E-state index in [2.05, 4.69) is 5.32 Å².